The SMILES string of the molecule is NCc1ccc(OCc2ccccc2)cc1O. The second-order valence-corrected chi connectivity index (χ2v) is 3.77. The fraction of sp³-hybridized carbons (Fsp3) is 0.143. The normalized spacial score (nSPS) is 10.2. The van der Waals surface area contributed by atoms with Gasteiger partial charge in [0.05, 0.1) is 0 Å². The van der Waals surface area contributed by atoms with E-state index in [1.165, 1.54) is 0 Å². The summed E-state index contributed by atoms with van der Waals surface area (Å²) in [6.45, 7) is 0.813. The van der Waals surface area contributed by atoms with Gasteiger partial charge in [0.1, 0.15) is 18.1 Å². The van der Waals surface area contributed by atoms with Crippen LogP contribution in [0.3, 0.4) is 0 Å². The van der Waals surface area contributed by atoms with Gasteiger partial charge in [-0.05, 0) is 11.6 Å². The van der Waals surface area contributed by atoms with Crippen molar-refractivity contribution in [2.24, 2.45) is 5.73 Å². The van der Waals surface area contributed by atoms with Gasteiger partial charge in [0.2, 0.25) is 0 Å². The third kappa shape index (κ3) is 2.98. The van der Waals surface area contributed by atoms with Crippen LogP contribution in [0.25, 0.3) is 0 Å². The Balaban J connectivity index is 2.02. The molecular formula is C14H15NO2. The summed E-state index contributed by atoms with van der Waals surface area (Å²) < 4.78 is 5.57. The highest BCUT2D eigenvalue weighted by Crippen LogP contribution is 2.23. The van der Waals surface area contributed by atoms with Crippen molar-refractivity contribution >= 4 is 0 Å². The molecule has 2 rings (SSSR count). The number of hydrogen-bond donors (Lipinski definition) is 2. The molecule has 0 saturated heterocycles. The Kier molecular flexibility index (Phi) is 3.62. The maximum absolute atomic E-state index is 9.63. The molecule has 0 aliphatic rings. The first-order chi connectivity index (χ1) is 8.29. The van der Waals surface area contributed by atoms with Gasteiger partial charge >= 0.3 is 0 Å². The van der Waals surface area contributed by atoms with Crippen LogP contribution in [0.15, 0.2) is 48.5 Å². The minimum Gasteiger partial charge on any atom is -0.507 e. The van der Waals surface area contributed by atoms with Crippen molar-refractivity contribution in [1.82, 2.24) is 0 Å². The molecule has 0 heterocycles. The van der Waals surface area contributed by atoms with Crippen LogP contribution in [0.2, 0.25) is 0 Å². The maximum atomic E-state index is 9.63. The summed E-state index contributed by atoms with van der Waals surface area (Å²) in [6, 6.07) is 15.1. The summed E-state index contributed by atoms with van der Waals surface area (Å²) in [5, 5.41) is 9.63. The lowest BCUT2D eigenvalue weighted by atomic mass is 10.2. The van der Waals surface area contributed by atoms with E-state index in [1.54, 1.807) is 12.1 Å². The van der Waals surface area contributed by atoms with Gasteiger partial charge in [-0.15, -0.1) is 0 Å². The van der Waals surface area contributed by atoms with Crippen molar-refractivity contribution in [3.05, 3.63) is 59.7 Å². The topological polar surface area (TPSA) is 55.5 Å². The molecule has 3 N–H and O–H groups in total. The van der Waals surface area contributed by atoms with E-state index in [0.717, 1.165) is 11.1 Å². The monoisotopic (exact) mass is 229 g/mol. The summed E-state index contributed by atoms with van der Waals surface area (Å²) >= 11 is 0. The van der Waals surface area contributed by atoms with Crippen molar-refractivity contribution in [3.63, 3.8) is 0 Å². The molecule has 17 heavy (non-hydrogen) atoms. The van der Waals surface area contributed by atoms with Crippen molar-refractivity contribution in [1.29, 1.82) is 0 Å². The van der Waals surface area contributed by atoms with E-state index < -0.39 is 0 Å². The number of ether oxygens (including phenoxy) is 1. The Hall–Kier alpha value is -2.00. The zero-order chi connectivity index (χ0) is 12.1. The first kappa shape index (κ1) is 11.5. The van der Waals surface area contributed by atoms with Gasteiger partial charge in [0.25, 0.3) is 0 Å². The van der Waals surface area contributed by atoms with Crippen LogP contribution in [-0.4, -0.2) is 5.11 Å². The Morgan fingerprint density at radius 3 is 2.47 bits per heavy atom. The van der Waals surface area contributed by atoms with Gasteiger partial charge in [-0.1, -0.05) is 36.4 Å². The van der Waals surface area contributed by atoms with E-state index in [4.69, 9.17) is 10.5 Å². The lowest BCUT2D eigenvalue weighted by Gasteiger charge is -2.08. The standard InChI is InChI=1S/C14H15NO2/c15-9-12-6-7-13(8-14(12)16)17-10-11-4-2-1-3-5-11/h1-8,16H,9-10,15H2. The highest BCUT2D eigenvalue weighted by molar-refractivity contribution is 5.39. The third-order valence-corrected chi connectivity index (χ3v) is 2.53. The molecule has 0 saturated carbocycles. The van der Waals surface area contributed by atoms with Crippen molar-refractivity contribution in [2.75, 3.05) is 0 Å². The highest BCUT2D eigenvalue weighted by Gasteiger charge is 2.01. The van der Waals surface area contributed by atoms with E-state index in [0.29, 0.717) is 18.9 Å². The number of phenolic OH excluding ortho intramolecular Hbond substituents is 1. The molecule has 0 atom stereocenters. The molecule has 3 heteroatoms. The fourth-order valence-electron chi connectivity index (χ4n) is 1.55. The quantitative estimate of drug-likeness (QED) is 0.846. The zero-order valence-corrected chi connectivity index (χ0v) is 9.47. The van der Waals surface area contributed by atoms with Crippen LogP contribution in [0.4, 0.5) is 0 Å². The van der Waals surface area contributed by atoms with Gasteiger partial charge in [-0.3, -0.25) is 0 Å². The molecule has 2 aromatic carbocycles. The molecule has 0 fully saturated rings. The van der Waals surface area contributed by atoms with Gasteiger partial charge in [-0.25, -0.2) is 0 Å². The molecule has 2 aromatic rings. The Labute approximate surface area is 100 Å². The number of phenols is 1. The molecule has 0 aliphatic carbocycles. The van der Waals surface area contributed by atoms with Crippen molar-refractivity contribution in [3.8, 4) is 11.5 Å². The van der Waals surface area contributed by atoms with Crippen LogP contribution >= 0.6 is 0 Å². The average molecular weight is 229 g/mol. The smallest absolute Gasteiger partial charge is 0.123 e. The third-order valence-electron chi connectivity index (χ3n) is 2.53. The summed E-state index contributed by atoms with van der Waals surface area (Å²) in [4.78, 5) is 0. The maximum Gasteiger partial charge on any atom is 0.123 e. The Morgan fingerprint density at radius 1 is 1.06 bits per heavy atom. The van der Waals surface area contributed by atoms with Crippen LogP contribution in [0.5, 0.6) is 11.5 Å². The molecule has 0 aromatic heterocycles. The number of nitrogens with two attached hydrogens (primary N) is 1. The lowest BCUT2D eigenvalue weighted by Crippen LogP contribution is -1.98. The van der Waals surface area contributed by atoms with E-state index in [2.05, 4.69) is 0 Å². The van der Waals surface area contributed by atoms with Crippen LogP contribution in [0, 0.1) is 0 Å². The molecule has 0 spiro atoms. The molecule has 0 amide bonds. The number of hydrogen-bond acceptors (Lipinski definition) is 3. The highest BCUT2D eigenvalue weighted by atomic mass is 16.5. The molecule has 0 radical (unpaired) electrons. The minimum atomic E-state index is 0.179. The minimum absolute atomic E-state index is 0.179. The Bertz CT molecular complexity index is 483. The zero-order valence-electron chi connectivity index (χ0n) is 9.47. The van der Waals surface area contributed by atoms with Crippen LogP contribution in [0.1, 0.15) is 11.1 Å². The molecule has 0 aliphatic heterocycles. The largest absolute Gasteiger partial charge is 0.507 e. The van der Waals surface area contributed by atoms with E-state index in [-0.39, 0.29) is 5.75 Å². The molecule has 0 unspecified atom stereocenters. The van der Waals surface area contributed by atoms with Crippen molar-refractivity contribution < 1.29 is 9.84 Å². The van der Waals surface area contributed by atoms with Crippen LogP contribution in [-0.2, 0) is 13.2 Å². The second-order valence-electron chi connectivity index (χ2n) is 3.77. The molecule has 0 bridgehead atoms. The van der Waals surface area contributed by atoms with Crippen LogP contribution < -0.4 is 10.5 Å². The van der Waals surface area contributed by atoms with E-state index >= 15 is 0 Å². The van der Waals surface area contributed by atoms with E-state index in [9.17, 15) is 5.11 Å². The number of benzene rings is 2. The summed E-state index contributed by atoms with van der Waals surface area (Å²) in [7, 11) is 0. The Morgan fingerprint density at radius 2 is 1.82 bits per heavy atom. The molecule has 88 valence electrons. The summed E-state index contributed by atoms with van der Waals surface area (Å²) in [6.07, 6.45) is 0. The van der Waals surface area contributed by atoms with Gasteiger partial charge < -0.3 is 15.6 Å². The molecular weight excluding hydrogens is 214 g/mol. The second kappa shape index (κ2) is 5.37. The summed E-state index contributed by atoms with van der Waals surface area (Å²) in [5.74, 6) is 0.821. The average Bonchev–Trinajstić information content (AvgIpc) is 2.38. The van der Waals surface area contributed by atoms with E-state index in [1.807, 2.05) is 36.4 Å². The first-order valence-electron chi connectivity index (χ1n) is 5.48. The summed E-state index contributed by atoms with van der Waals surface area (Å²) in [5.41, 5.74) is 7.28. The lowest BCUT2D eigenvalue weighted by molar-refractivity contribution is 0.304. The fourth-order valence-corrected chi connectivity index (χ4v) is 1.55. The predicted molar refractivity (Wildman–Crippen MR) is 66.8 cm³/mol. The molecule has 3 nitrogen and oxygen atoms in total. The van der Waals surface area contributed by atoms with Gasteiger partial charge in [0.15, 0.2) is 0 Å². The van der Waals surface area contributed by atoms with Crippen molar-refractivity contribution in [2.45, 2.75) is 13.2 Å². The van der Waals surface area contributed by atoms with Gasteiger partial charge in [-0.2, -0.15) is 0 Å². The van der Waals surface area contributed by atoms with Gasteiger partial charge in [0, 0.05) is 18.2 Å². The number of aromatic hydroxyl groups is 1. The predicted octanol–water partition coefficient (Wildman–Crippen LogP) is 2.43. The first-order valence-corrected chi connectivity index (χ1v) is 5.48. The number of rotatable bonds is 4.